The summed E-state index contributed by atoms with van der Waals surface area (Å²) in [6.45, 7) is 8.96. The molecule has 0 radical (unpaired) electrons. The van der Waals surface area contributed by atoms with E-state index in [2.05, 4.69) is 11.8 Å². The Labute approximate surface area is 133 Å². The molecule has 0 amide bonds. The molecule has 0 N–H and O–H groups in total. The molecule has 1 aromatic carbocycles. The third-order valence-corrected chi connectivity index (χ3v) is 3.15. The molecule has 0 aliphatic rings. The lowest BCUT2D eigenvalue weighted by Gasteiger charge is -2.18. The fraction of sp³-hybridized carbons (Fsp3) is 0.600. The Hall–Kier alpha value is -0.480. The van der Waals surface area contributed by atoms with Gasteiger partial charge in [0.05, 0.1) is 13.2 Å². The number of benzene rings is 1. The first-order chi connectivity index (χ1) is 9.27. The predicted octanol–water partition coefficient (Wildman–Crippen LogP) is 3.37. The zero-order chi connectivity index (χ0) is 13.9. The number of hydrogen-bond donors (Lipinski definition) is 0. The highest BCUT2D eigenvalue weighted by Gasteiger charge is 2.01. The van der Waals surface area contributed by atoms with Crippen molar-refractivity contribution >= 4 is 24.0 Å². The SMILES string of the molecule is CCN(CCCl)CCOCCOc1ccccc1C.Cl. The summed E-state index contributed by atoms with van der Waals surface area (Å²) in [6.07, 6.45) is 0. The van der Waals surface area contributed by atoms with Crippen LogP contribution in [0, 0.1) is 6.92 Å². The van der Waals surface area contributed by atoms with Gasteiger partial charge < -0.3 is 14.4 Å². The Balaban J connectivity index is 0.00000361. The second-order valence-electron chi connectivity index (χ2n) is 4.35. The maximum Gasteiger partial charge on any atom is 0.122 e. The van der Waals surface area contributed by atoms with Gasteiger partial charge in [-0.25, -0.2) is 0 Å². The molecule has 0 aromatic heterocycles. The largest absolute Gasteiger partial charge is 0.491 e. The normalized spacial score (nSPS) is 10.4. The van der Waals surface area contributed by atoms with Crippen molar-refractivity contribution in [1.82, 2.24) is 4.90 Å². The van der Waals surface area contributed by atoms with Crippen molar-refractivity contribution in [2.75, 3.05) is 45.3 Å². The van der Waals surface area contributed by atoms with Gasteiger partial charge in [0.15, 0.2) is 0 Å². The minimum atomic E-state index is 0. The Kier molecular flexibility index (Phi) is 12.0. The molecule has 0 bridgehead atoms. The number of likely N-dealkylation sites (N-methyl/N-ethyl adjacent to an activating group) is 1. The summed E-state index contributed by atoms with van der Waals surface area (Å²) in [6, 6.07) is 8.01. The molecular weight excluding hydrogens is 297 g/mol. The topological polar surface area (TPSA) is 21.7 Å². The van der Waals surface area contributed by atoms with Crippen LogP contribution in [-0.2, 0) is 4.74 Å². The van der Waals surface area contributed by atoms with Crippen LogP contribution in [0.1, 0.15) is 12.5 Å². The number of halogens is 2. The molecule has 0 unspecified atom stereocenters. The number of nitrogens with zero attached hydrogens (tertiary/aromatic N) is 1. The average molecular weight is 322 g/mol. The van der Waals surface area contributed by atoms with E-state index >= 15 is 0 Å². The maximum absolute atomic E-state index is 5.72. The number of para-hydroxylation sites is 1. The van der Waals surface area contributed by atoms with Crippen LogP contribution in [0.5, 0.6) is 5.75 Å². The van der Waals surface area contributed by atoms with E-state index in [1.807, 2.05) is 31.2 Å². The molecule has 0 saturated heterocycles. The zero-order valence-corrected chi connectivity index (χ0v) is 13.9. The van der Waals surface area contributed by atoms with Gasteiger partial charge in [-0.3, -0.25) is 0 Å². The van der Waals surface area contributed by atoms with Crippen molar-refractivity contribution in [2.24, 2.45) is 0 Å². The lowest BCUT2D eigenvalue weighted by atomic mass is 10.2. The number of rotatable bonds is 10. The number of hydrogen-bond acceptors (Lipinski definition) is 3. The van der Waals surface area contributed by atoms with Gasteiger partial charge in [-0.05, 0) is 25.1 Å². The van der Waals surface area contributed by atoms with Crippen LogP contribution < -0.4 is 4.74 Å². The fourth-order valence-electron chi connectivity index (χ4n) is 1.77. The molecule has 1 aromatic rings. The summed E-state index contributed by atoms with van der Waals surface area (Å²) >= 11 is 5.72. The highest BCUT2D eigenvalue weighted by Crippen LogP contribution is 2.15. The second kappa shape index (κ2) is 12.3. The van der Waals surface area contributed by atoms with Crippen LogP contribution in [0.15, 0.2) is 24.3 Å². The first-order valence-electron chi connectivity index (χ1n) is 6.82. The molecule has 0 fully saturated rings. The van der Waals surface area contributed by atoms with Crippen molar-refractivity contribution in [3.8, 4) is 5.75 Å². The van der Waals surface area contributed by atoms with Gasteiger partial charge in [-0.2, -0.15) is 0 Å². The van der Waals surface area contributed by atoms with Gasteiger partial charge >= 0.3 is 0 Å². The Morgan fingerprint density at radius 2 is 1.85 bits per heavy atom. The van der Waals surface area contributed by atoms with Crippen LogP contribution >= 0.6 is 24.0 Å². The van der Waals surface area contributed by atoms with E-state index in [4.69, 9.17) is 21.1 Å². The molecule has 20 heavy (non-hydrogen) atoms. The lowest BCUT2D eigenvalue weighted by Crippen LogP contribution is -2.29. The fourth-order valence-corrected chi connectivity index (χ4v) is 2.01. The van der Waals surface area contributed by atoms with E-state index in [-0.39, 0.29) is 12.4 Å². The molecule has 5 heteroatoms. The summed E-state index contributed by atoms with van der Waals surface area (Å²) in [5, 5.41) is 0. The van der Waals surface area contributed by atoms with Crippen LogP contribution in [0.25, 0.3) is 0 Å². The van der Waals surface area contributed by atoms with E-state index < -0.39 is 0 Å². The van der Waals surface area contributed by atoms with E-state index in [1.165, 1.54) is 0 Å². The summed E-state index contributed by atoms with van der Waals surface area (Å²) in [7, 11) is 0. The molecule has 0 aliphatic carbocycles. The highest BCUT2D eigenvalue weighted by atomic mass is 35.5. The molecule has 0 spiro atoms. The van der Waals surface area contributed by atoms with Gasteiger partial charge in [-0.15, -0.1) is 24.0 Å². The molecule has 0 saturated carbocycles. The molecule has 0 aliphatic heterocycles. The zero-order valence-electron chi connectivity index (χ0n) is 12.3. The molecule has 116 valence electrons. The first-order valence-corrected chi connectivity index (χ1v) is 7.36. The Bertz CT molecular complexity index is 350. The minimum absolute atomic E-state index is 0. The lowest BCUT2D eigenvalue weighted by molar-refractivity contribution is 0.0819. The quantitative estimate of drug-likeness (QED) is 0.487. The molecule has 3 nitrogen and oxygen atoms in total. The minimum Gasteiger partial charge on any atom is -0.491 e. The summed E-state index contributed by atoms with van der Waals surface area (Å²) in [4.78, 5) is 2.27. The van der Waals surface area contributed by atoms with Crippen molar-refractivity contribution in [2.45, 2.75) is 13.8 Å². The van der Waals surface area contributed by atoms with E-state index in [1.54, 1.807) is 0 Å². The number of aryl methyl sites for hydroxylation is 1. The molecular formula is C15H25Cl2NO2. The van der Waals surface area contributed by atoms with Gasteiger partial charge in [0.25, 0.3) is 0 Å². The van der Waals surface area contributed by atoms with Gasteiger partial charge in [-0.1, -0.05) is 25.1 Å². The molecule has 0 atom stereocenters. The van der Waals surface area contributed by atoms with Crippen LogP contribution in [0.4, 0.5) is 0 Å². The van der Waals surface area contributed by atoms with Gasteiger partial charge in [0.2, 0.25) is 0 Å². The van der Waals surface area contributed by atoms with Crippen molar-refractivity contribution in [3.63, 3.8) is 0 Å². The summed E-state index contributed by atoms with van der Waals surface area (Å²) < 4.78 is 11.2. The van der Waals surface area contributed by atoms with Crippen LogP contribution in [-0.4, -0.2) is 50.2 Å². The standard InChI is InChI=1S/C15H24ClNO2.ClH/c1-3-17(9-8-16)10-11-18-12-13-19-15-7-5-4-6-14(15)2;/h4-7H,3,8-13H2,1-2H3;1H. The van der Waals surface area contributed by atoms with Crippen molar-refractivity contribution < 1.29 is 9.47 Å². The first kappa shape index (κ1) is 19.5. The highest BCUT2D eigenvalue weighted by molar-refractivity contribution is 6.18. The van der Waals surface area contributed by atoms with Crippen LogP contribution in [0.3, 0.4) is 0 Å². The third kappa shape index (κ3) is 7.95. The maximum atomic E-state index is 5.72. The van der Waals surface area contributed by atoms with E-state index in [0.29, 0.717) is 19.1 Å². The predicted molar refractivity (Wildman–Crippen MR) is 87.6 cm³/mol. The van der Waals surface area contributed by atoms with Gasteiger partial charge in [0.1, 0.15) is 12.4 Å². The average Bonchev–Trinajstić information content (AvgIpc) is 2.43. The van der Waals surface area contributed by atoms with E-state index in [0.717, 1.165) is 37.6 Å². The molecule has 1 rings (SSSR count). The smallest absolute Gasteiger partial charge is 0.122 e. The summed E-state index contributed by atoms with van der Waals surface area (Å²) in [5.74, 6) is 1.60. The second-order valence-corrected chi connectivity index (χ2v) is 4.73. The molecule has 0 heterocycles. The number of ether oxygens (including phenoxy) is 2. The van der Waals surface area contributed by atoms with Crippen molar-refractivity contribution in [3.05, 3.63) is 29.8 Å². The van der Waals surface area contributed by atoms with Crippen molar-refractivity contribution in [1.29, 1.82) is 0 Å². The Morgan fingerprint density at radius 3 is 2.50 bits per heavy atom. The monoisotopic (exact) mass is 321 g/mol. The third-order valence-electron chi connectivity index (χ3n) is 2.98. The van der Waals surface area contributed by atoms with E-state index in [9.17, 15) is 0 Å². The number of alkyl halides is 1. The summed E-state index contributed by atoms with van der Waals surface area (Å²) in [5.41, 5.74) is 1.15. The van der Waals surface area contributed by atoms with Gasteiger partial charge in [0, 0.05) is 19.0 Å². The van der Waals surface area contributed by atoms with Crippen LogP contribution in [0.2, 0.25) is 0 Å². The Morgan fingerprint density at radius 1 is 1.10 bits per heavy atom.